The summed E-state index contributed by atoms with van der Waals surface area (Å²) >= 11 is 0. The molecule has 3 rings (SSSR count). The minimum absolute atomic E-state index is 0.0402. The SMILES string of the molecule is CC(C)[C@@H](C(=O)O)N(C)Cc1ccc(N2CC3(CCCN3C(=O)OC(C)(C)C)C2)cc1. The van der Waals surface area contributed by atoms with Gasteiger partial charge in [-0.25, -0.2) is 4.79 Å². The standard InChI is InChI=1S/C24H37N3O4/c1-17(2)20(21(28)29)25(6)14-18-8-10-19(11-9-18)26-15-24(16-26)12-7-13-27(24)22(30)31-23(3,4)5/h8-11,17,20H,7,12-16H2,1-6H3,(H,28,29)/t20-/m0/s1. The van der Waals surface area contributed by atoms with Gasteiger partial charge in [0.1, 0.15) is 11.6 Å². The molecule has 0 saturated carbocycles. The van der Waals surface area contributed by atoms with Crippen molar-refractivity contribution in [1.29, 1.82) is 0 Å². The van der Waals surface area contributed by atoms with Crippen LogP contribution in [0, 0.1) is 5.92 Å². The number of likely N-dealkylation sites (tertiary alicyclic amines) is 1. The summed E-state index contributed by atoms with van der Waals surface area (Å²) in [4.78, 5) is 30.3. The van der Waals surface area contributed by atoms with Crippen LogP contribution < -0.4 is 4.90 Å². The molecule has 1 aromatic carbocycles. The maximum absolute atomic E-state index is 12.6. The van der Waals surface area contributed by atoms with Gasteiger partial charge < -0.3 is 14.7 Å². The van der Waals surface area contributed by atoms with Crippen molar-refractivity contribution in [2.24, 2.45) is 5.92 Å². The second kappa shape index (κ2) is 8.69. The number of hydrogen-bond acceptors (Lipinski definition) is 5. The number of carboxylic acids is 1. The summed E-state index contributed by atoms with van der Waals surface area (Å²) in [5.41, 5.74) is 1.62. The third-order valence-corrected chi connectivity index (χ3v) is 6.27. The fraction of sp³-hybridized carbons (Fsp3) is 0.667. The molecule has 172 valence electrons. The lowest BCUT2D eigenvalue weighted by atomic mass is 9.86. The zero-order valence-corrected chi connectivity index (χ0v) is 19.7. The van der Waals surface area contributed by atoms with Crippen LogP contribution >= 0.6 is 0 Å². The van der Waals surface area contributed by atoms with Crippen LogP contribution in [0.15, 0.2) is 24.3 Å². The molecule has 1 atom stereocenters. The van der Waals surface area contributed by atoms with Gasteiger partial charge >= 0.3 is 12.1 Å². The van der Waals surface area contributed by atoms with Crippen molar-refractivity contribution in [3.05, 3.63) is 29.8 Å². The number of carbonyl (C=O) groups is 2. The highest BCUT2D eigenvalue weighted by Gasteiger charge is 2.53. The number of nitrogens with zero attached hydrogens (tertiary/aromatic N) is 3. The van der Waals surface area contributed by atoms with Gasteiger partial charge in [0.15, 0.2) is 0 Å². The highest BCUT2D eigenvalue weighted by Crippen LogP contribution is 2.40. The van der Waals surface area contributed by atoms with Crippen molar-refractivity contribution < 1.29 is 19.4 Å². The molecule has 0 radical (unpaired) electrons. The van der Waals surface area contributed by atoms with Crippen molar-refractivity contribution in [2.75, 3.05) is 31.6 Å². The Labute approximate surface area is 185 Å². The van der Waals surface area contributed by atoms with Crippen molar-refractivity contribution in [1.82, 2.24) is 9.80 Å². The lowest BCUT2D eigenvalue weighted by Crippen LogP contribution is -2.69. The normalized spacial score (nSPS) is 19.1. The van der Waals surface area contributed by atoms with Gasteiger partial charge in [0, 0.05) is 31.9 Å². The zero-order chi connectivity index (χ0) is 23.0. The van der Waals surface area contributed by atoms with Gasteiger partial charge in [-0.3, -0.25) is 14.6 Å². The maximum atomic E-state index is 12.6. The second-order valence-corrected chi connectivity index (χ2v) is 10.4. The van der Waals surface area contributed by atoms with E-state index >= 15 is 0 Å². The van der Waals surface area contributed by atoms with Gasteiger partial charge in [0.2, 0.25) is 0 Å². The molecule has 0 aromatic heterocycles. The van der Waals surface area contributed by atoms with E-state index in [-0.39, 0.29) is 17.6 Å². The Hall–Kier alpha value is -2.28. The van der Waals surface area contributed by atoms with Gasteiger partial charge in [-0.15, -0.1) is 0 Å². The summed E-state index contributed by atoms with van der Waals surface area (Å²) in [7, 11) is 1.86. The van der Waals surface area contributed by atoms with E-state index in [1.807, 2.05) is 51.5 Å². The van der Waals surface area contributed by atoms with Crippen molar-refractivity contribution >= 4 is 17.7 Å². The molecule has 2 aliphatic heterocycles. The first-order valence-electron chi connectivity index (χ1n) is 11.2. The van der Waals surface area contributed by atoms with E-state index in [1.54, 1.807) is 0 Å². The lowest BCUT2D eigenvalue weighted by molar-refractivity contribution is -0.144. The van der Waals surface area contributed by atoms with E-state index in [1.165, 1.54) is 0 Å². The molecule has 7 nitrogen and oxygen atoms in total. The predicted octanol–water partition coefficient (Wildman–Crippen LogP) is 3.82. The molecular formula is C24H37N3O4. The van der Waals surface area contributed by atoms with E-state index in [4.69, 9.17) is 4.74 Å². The molecule has 2 heterocycles. The minimum atomic E-state index is -0.786. The van der Waals surface area contributed by atoms with E-state index in [0.717, 1.165) is 43.7 Å². The topological polar surface area (TPSA) is 73.3 Å². The quantitative estimate of drug-likeness (QED) is 0.738. The molecule has 2 aliphatic rings. The predicted molar refractivity (Wildman–Crippen MR) is 121 cm³/mol. The van der Waals surface area contributed by atoms with Crippen LogP contribution in [0.2, 0.25) is 0 Å². The van der Waals surface area contributed by atoms with Crippen molar-refractivity contribution in [2.45, 2.75) is 71.2 Å². The summed E-state index contributed by atoms with van der Waals surface area (Å²) < 4.78 is 5.62. The van der Waals surface area contributed by atoms with Crippen LogP contribution in [0.1, 0.15) is 53.0 Å². The summed E-state index contributed by atoms with van der Waals surface area (Å²) in [5, 5.41) is 9.49. The Balaban J connectivity index is 1.60. The van der Waals surface area contributed by atoms with Gasteiger partial charge in [-0.2, -0.15) is 0 Å². The number of benzene rings is 1. The average Bonchev–Trinajstić information content (AvgIpc) is 3.04. The van der Waals surface area contributed by atoms with Crippen LogP contribution in [0.25, 0.3) is 0 Å². The summed E-state index contributed by atoms with van der Waals surface area (Å²) in [6.07, 6.45) is 1.82. The molecule has 1 amide bonds. The van der Waals surface area contributed by atoms with Crippen LogP contribution in [-0.4, -0.2) is 70.8 Å². The Kier molecular flexibility index (Phi) is 6.56. The molecule has 0 unspecified atom stereocenters. The van der Waals surface area contributed by atoms with Gasteiger partial charge in [-0.1, -0.05) is 26.0 Å². The van der Waals surface area contributed by atoms with E-state index in [9.17, 15) is 14.7 Å². The van der Waals surface area contributed by atoms with Crippen LogP contribution in [0.5, 0.6) is 0 Å². The average molecular weight is 432 g/mol. The third kappa shape index (κ3) is 5.14. The summed E-state index contributed by atoms with van der Waals surface area (Å²) in [5.74, 6) is -0.746. The molecule has 1 N–H and O–H groups in total. The fourth-order valence-electron chi connectivity index (χ4n) is 4.90. The number of rotatable bonds is 6. The van der Waals surface area contributed by atoms with Crippen molar-refractivity contribution in [3.63, 3.8) is 0 Å². The highest BCUT2D eigenvalue weighted by molar-refractivity contribution is 5.73. The summed E-state index contributed by atoms with van der Waals surface area (Å²) in [6, 6.07) is 7.81. The first-order valence-corrected chi connectivity index (χ1v) is 11.2. The molecule has 1 aromatic rings. The molecule has 0 aliphatic carbocycles. The van der Waals surface area contributed by atoms with Crippen LogP contribution in [0.3, 0.4) is 0 Å². The third-order valence-electron chi connectivity index (χ3n) is 6.27. The number of carboxylic acid groups (broad SMARTS) is 1. The molecular weight excluding hydrogens is 394 g/mol. The second-order valence-electron chi connectivity index (χ2n) is 10.4. The van der Waals surface area contributed by atoms with E-state index in [0.29, 0.717) is 6.54 Å². The molecule has 0 bridgehead atoms. The Morgan fingerprint density at radius 3 is 2.32 bits per heavy atom. The number of anilines is 1. The van der Waals surface area contributed by atoms with Gasteiger partial charge in [0.25, 0.3) is 0 Å². The number of amides is 1. The highest BCUT2D eigenvalue weighted by atomic mass is 16.6. The van der Waals surface area contributed by atoms with Gasteiger partial charge in [0.05, 0.1) is 5.54 Å². The monoisotopic (exact) mass is 431 g/mol. The number of carbonyl (C=O) groups excluding carboxylic acids is 1. The zero-order valence-electron chi connectivity index (χ0n) is 19.7. The first kappa shape index (κ1) is 23.4. The van der Waals surface area contributed by atoms with E-state index < -0.39 is 17.6 Å². The maximum Gasteiger partial charge on any atom is 0.410 e. The molecule has 2 fully saturated rings. The van der Waals surface area contributed by atoms with Crippen LogP contribution in [-0.2, 0) is 16.1 Å². The Bertz CT molecular complexity index is 794. The molecule has 7 heteroatoms. The molecule has 31 heavy (non-hydrogen) atoms. The minimum Gasteiger partial charge on any atom is -0.480 e. The molecule has 1 spiro atoms. The summed E-state index contributed by atoms with van der Waals surface area (Å²) in [6.45, 7) is 12.6. The largest absolute Gasteiger partial charge is 0.480 e. The van der Waals surface area contributed by atoms with Crippen molar-refractivity contribution in [3.8, 4) is 0 Å². The first-order chi connectivity index (χ1) is 14.4. The van der Waals surface area contributed by atoms with Gasteiger partial charge in [-0.05, 0) is 64.3 Å². The lowest BCUT2D eigenvalue weighted by Gasteiger charge is -2.53. The fourth-order valence-corrected chi connectivity index (χ4v) is 4.90. The Morgan fingerprint density at radius 1 is 1.19 bits per heavy atom. The Morgan fingerprint density at radius 2 is 1.81 bits per heavy atom. The smallest absolute Gasteiger partial charge is 0.410 e. The number of likely N-dealkylation sites (N-methyl/N-ethyl adjacent to an activating group) is 1. The number of ether oxygens (including phenoxy) is 1. The number of hydrogen-bond donors (Lipinski definition) is 1. The molecule has 2 saturated heterocycles. The van der Waals surface area contributed by atoms with E-state index in [2.05, 4.69) is 29.2 Å². The van der Waals surface area contributed by atoms with Crippen LogP contribution in [0.4, 0.5) is 10.5 Å². The number of aliphatic carboxylic acids is 1.